The van der Waals surface area contributed by atoms with E-state index in [0.29, 0.717) is 5.71 Å². The lowest BCUT2D eigenvalue weighted by Crippen LogP contribution is -2.20. The first kappa shape index (κ1) is 11.4. The highest BCUT2D eigenvalue weighted by atomic mass is 19.3. The van der Waals surface area contributed by atoms with Crippen LogP contribution in [0, 0.1) is 0 Å². The van der Waals surface area contributed by atoms with Gasteiger partial charge in [-0.2, -0.15) is 18.9 Å². The molecule has 0 spiro atoms. The zero-order valence-electron chi connectivity index (χ0n) is 8.93. The van der Waals surface area contributed by atoms with E-state index >= 15 is 0 Å². The average molecular weight is 241 g/mol. The molecule has 0 N–H and O–H groups in total. The van der Waals surface area contributed by atoms with E-state index in [0.717, 1.165) is 11.2 Å². The molecule has 1 aliphatic rings. The molecular weight excluding hydrogens is 232 g/mol. The summed E-state index contributed by atoms with van der Waals surface area (Å²) in [6.45, 7) is -1.16. The SMILES string of the molecule is CC1=NN(c2ccc(OC(F)F)cn2)C(=O)C1. The third-order valence-corrected chi connectivity index (χ3v) is 2.08. The van der Waals surface area contributed by atoms with Crippen LogP contribution >= 0.6 is 0 Å². The molecule has 1 amide bonds. The van der Waals surface area contributed by atoms with Crippen molar-refractivity contribution in [3.63, 3.8) is 0 Å². The van der Waals surface area contributed by atoms with Gasteiger partial charge < -0.3 is 4.74 Å². The van der Waals surface area contributed by atoms with E-state index in [1.54, 1.807) is 6.92 Å². The van der Waals surface area contributed by atoms with Gasteiger partial charge in [0.15, 0.2) is 5.82 Å². The minimum atomic E-state index is -2.89. The number of anilines is 1. The molecule has 0 atom stereocenters. The zero-order valence-corrected chi connectivity index (χ0v) is 8.93. The van der Waals surface area contributed by atoms with E-state index in [-0.39, 0.29) is 23.9 Å². The Labute approximate surface area is 95.7 Å². The lowest BCUT2D eigenvalue weighted by Gasteiger charge is -2.11. The van der Waals surface area contributed by atoms with Gasteiger partial charge in [0.1, 0.15) is 5.75 Å². The summed E-state index contributed by atoms with van der Waals surface area (Å²) in [4.78, 5) is 15.3. The van der Waals surface area contributed by atoms with E-state index < -0.39 is 6.61 Å². The average Bonchev–Trinajstić information content (AvgIpc) is 2.58. The number of ether oxygens (including phenoxy) is 1. The normalized spacial score (nSPS) is 15.4. The number of aromatic nitrogens is 1. The fourth-order valence-electron chi connectivity index (χ4n) is 1.40. The molecular formula is C10H9F2N3O2. The van der Waals surface area contributed by atoms with Crippen LogP contribution in [-0.4, -0.2) is 23.2 Å². The van der Waals surface area contributed by atoms with Gasteiger partial charge in [-0.05, 0) is 19.1 Å². The lowest BCUT2D eigenvalue weighted by atomic mass is 10.3. The van der Waals surface area contributed by atoms with Crippen molar-refractivity contribution in [2.24, 2.45) is 5.10 Å². The molecule has 5 nitrogen and oxygen atoms in total. The summed E-state index contributed by atoms with van der Waals surface area (Å²) in [5.74, 6) is 0.0297. The summed E-state index contributed by atoms with van der Waals surface area (Å²) in [5.41, 5.74) is 0.685. The summed E-state index contributed by atoms with van der Waals surface area (Å²) >= 11 is 0. The highest BCUT2D eigenvalue weighted by molar-refractivity contribution is 6.11. The highest BCUT2D eigenvalue weighted by Gasteiger charge is 2.23. The van der Waals surface area contributed by atoms with Crippen LogP contribution in [0.5, 0.6) is 5.75 Å². The molecule has 0 saturated carbocycles. The molecule has 2 rings (SSSR count). The lowest BCUT2D eigenvalue weighted by molar-refractivity contribution is -0.116. The van der Waals surface area contributed by atoms with Crippen molar-refractivity contribution < 1.29 is 18.3 Å². The zero-order chi connectivity index (χ0) is 12.4. The molecule has 17 heavy (non-hydrogen) atoms. The third-order valence-electron chi connectivity index (χ3n) is 2.08. The maximum atomic E-state index is 11.9. The van der Waals surface area contributed by atoms with Crippen molar-refractivity contribution in [3.8, 4) is 5.75 Å². The Morgan fingerprint density at radius 2 is 2.24 bits per heavy atom. The topological polar surface area (TPSA) is 54.8 Å². The summed E-state index contributed by atoms with van der Waals surface area (Å²) in [7, 11) is 0. The molecule has 1 aromatic rings. The maximum Gasteiger partial charge on any atom is 0.387 e. The quantitative estimate of drug-likeness (QED) is 0.810. The molecule has 0 unspecified atom stereocenters. The van der Waals surface area contributed by atoms with Crippen LogP contribution in [0.25, 0.3) is 0 Å². The van der Waals surface area contributed by atoms with Crippen LogP contribution in [0.2, 0.25) is 0 Å². The molecule has 90 valence electrons. The van der Waals surface area contributed by atoms with E-state index in [9.17, 15) is 13.6 Å². The highest BCUT2D eigenvalue weighted by Crippen LogP contribution is 2.21. The first-order valence-electron chi connectivity index (χ1n) is 4.84. The van der Waals surface area contributed by atoms with Crippen LogP contribution in [-0.2, 0) is 4.79 Å². The fraction of sp³-hybridized carbons (Fsp3) is 0.300. The van der Waals surface area contributed by atoms with E-state index in [1.807, 2.05) is 0 Å². The van der Waals surface area contributed by atoms with E-state index in [1.165, 1.54) is 12.1 Å². The Kier molecular flexibility index (Phi) is 2.99. The number of nitrogens with zero attached hydrogens (tertiary/aromatic N) is 3. The van der Waals surface area contributed by atoms with Gasteiger partial charge in [-0.3, -0.25) is 4.79 Å². The maximum absolute atomic E-state index is 11.9. The van der Waals surface area contributed by atoms with Crippen LogP contribution < -0.4 is 9.75 Å². The first-order chi connectivity index (χ1) is 8.06. The van der Waals surface area contributed by atoms with Gasteiger partial charge in [-0.25, -0.2) is 4.98 Å². The molecule has 0 fully saturated rings. The predicted molar refractivity (Wildman–Crippen MR) is 56.1 cm³/mol. The van der Waals surface area contributed by atoms with Crippen LogP contribution in [0.3, 0.4) is 0 Å². The number of hydrazone groups is 1. The monoisotopic (exact) mass is 241 g/mol. The van der Waals surface area contributed by atoms with Crippen LogP contribution in [0.15, 0.2) is 23.4 Å². The van der Waals surface area contributed by atoms with E-state index in [4.69, 9.17) is 0 Å². The van der Waals surface area contributed by atoms with Crippen molar-refractivity contribution >= 4 is 17.4 Å². The number of carbonyl (C=O) groups is 1. The van der Waals surface area contributed by atoms with Crippen molar-refractivity contribution in [2.75, 3.05) is 5.01 Å². The van der Waals surface area contributed by atoms with Gasteiger partial charge >= 0.3 is 6.61 Å². The Balaban J connectivity index is 2.15. The van der Waals surface area contributed by atoms with E-state index in [2.05, 4.69) is 14.8 Å². The summed E-state index contributed by atoms with van der Waals surface area (Å²) < 4.78 is 27.9. The van der Waals surface area contributed by atoms with Crippen LogP contribution in [0.1, 0.15) is 13.3 Å². The summed E-state index contributed by atoms with van der Waals surface area (Å²) in [6.07, 6.45) is 1.37. The van der Waals surface area contributed by atoms with Crippen molar-refractivity contribution in [2.45, 2.75) is 20.0 Å². The van der Waals surface area contributed by atoms with Crippen molar-refractivity contribution in [1.29, 1.82) is 0 Å². The number of hydrogen-bond donors (Lipinski definition) is 0. The van der Waals surface area contributed by atoms with Gasteiger partial charge in [-0.1, -0.05) is 0 Å². The number of pyridine rings is 1. The second-order valence-electron chi connectivity index (χ2n) is 3.45. The standard InChI is InChI=1S/C10H9F2N3O2/c1-6-4-9(16)15(14-6)8-3-2-7(5-13-8)17-10(11)12/h2-3,5,10H,4H2,1H3. The van der Waals surface area contributed by atoms with Gasteiger partial charge in [0, 0.05) is 5.71 Å². The molecule has 2 heterocycles. The number of alkyl halides is 2. The Morgan fingerprint density at radius 1 is 1.47 bits per heavy atom. The largest absolute Gasteiger partial charge is 0.433 e. The molecule has 7 heteroatoms. The molecule has 0 aromatic carbocycles. The number of rotatable bonds is 3. The molecule has 0 aliphatic carbocycles. The second-order valence-corrected chi connectivity index (χ2v) is 3.45. The molecule has 1 aliphatic heterocycles. The molecule has 0 saturated heterocycles. The number of halogens is 2. The molecule has 1 aromatic heterocycles. The molecule has 0 radical (unpaired) electrons. The number of amides is 1. The minimum Gasteiger partial charge on any atom is -0.433 e. The third kappa shape index (κ3) is 2.55. The van der Waals surface area contributed by atoms with Gasteiger partial charge in [0.25, 0.3) is 5.91 Å². The second kappa shape index (κ2) is 4.44. The number of carbonyl (C=O) groups excluding carboxylic acids is 1. The Bertz CT molecular complexity index is 459. The first-order valence-corrected chi connectivity index (χ1v) is 4.84. The predicted octanol–water partition coefficient (Wildman–Crippen LogP) is 1.80. The smallest absolute Gasteiger partial charge is 0.387 e. The Morgan fingerprint density at radius 3 is 2.71 bits per heavy atom. The van der Waals surface area contributed by atoms with Gasteiger partial charge in [0.05, 0.1) is 12.6 Å². The minimum absolute atomic E-state index is 0.0592. The Hall–Kier alpha value is -2.05. The summed E-state index contributed by atoms with van der Waals surface area (Å²) in [5, 5.41) is 5.12. The van der Waals surface area contributed by atoms with Crippen molar-refractivity contribution in [1.82, 2.24) is 4.98 Å². The summed E-state index contributed by atoms with van der Waals surface area (Å²) in [6, 6.07) is 2.71. The van der Waals surface area contributed by atoms with Crippen LogP contribution in [0.4, 0.5) is 14.6 Å². The number of hydrogen-bond acceptors (Lipinski definition) is 4. The van der Waals surface area contributed by atoms with Gasteiger partial charge in [0.2, 0.25) is 0 Å². The van der Waals surface area contributed by atoms with Crippen molar-refractivity contribution in [3.05, 3.63) is 18.3 Å². The molecule has 0 bridgehead atoms. The van der Waals surface area contributed by atoms with Gasteiger partial charge in [-0.15, -0.1) is 0 Å². The fourth-order valence-corrected chi connectivity index (χ4v) is 1.40.